The maximum Gasteiger partial charge on any atom is 0.225 e. The SMILES string of the molecule is O=C1CC[C@@]2(CCCN(c3ncccn3)CC2)N1CC1CC1. The molecule has 0 unspecified atom stereocenters. The summed E-state index contributed by atoms with van der Waals surface area (Å²) in [6, 6.07) is 1.86. The zero-order chi connectivity index (χ0) is 15.0. The zero-order valence-electron chi connectivity index (χ0n) is 13.1. The topological polar surface area (TPSA) is 49.3 Å². The highest BCUT2D eigenvalue weighted by Crippen LogP contribution is 2.42. The van der Waals surface area contributed by atoms with E-state index < -0.39 is 0 Å². The highest BCUT2D eigenvalue weighted by Gasteiger charge is 2.47. The number of anilines is 1. The molecule has 22 heavy (non-hydrogen) atoms. The first-order valence-corrected chi connectivity index (χ1v) is 8.59. The molecule has 1 atom stereocenters. The third-order valence-electron chi connectivity index (χ3n) is 5.57. The molecule has 3 aliphatic rings. The van der Waals surface area contributed by atoms with E-state index in [1.165, 1.54) is 12.8 Å². The van der Waals surface area contributed by atoms with E-state index in [1.807, 2.05) is 18.5 Å². The van der Waals surface area contributed by atoms with E-state index in [0.717, 1.165) is 63.6 Å². The van der Waals surface area contributed by atoms with Crippen molar-refractivity contribution in [3.05, 3.63) is 18.5 Å². The average Bonchev–Trinajstić information content (AvgIpc) is 3.34. The van der Waals surface area contributed by atoms with E-state index in [4.69, 9.17) is 0 Å². The van der Waals surface area contributed by atoms with Gasteiger partial charge >= 0.3 is 0 Å². The lowest BCUT2D eigenvalue weighted by Crippen LogP contribution is -2.47. The molecule has 0 N–H and O–H groups in total. The number of likely N-dealkylation sites (tertiary alicyclic amines) is 1. The van der Waals surface area contributed by atoms with Gasteiger partial charge in [0.25, 0.3) is 0 Å². The first-order valence-electron chi connectivity index (χ1n) is 8.59. The number of hydrogen-bond acceptors (Lipinski definition) is 4. The molecular formula is C17H24N4O. The zero-order valence-corrected chi connectivity index (χ0v) is 13.1. The fourth-order valence-corrected chi connectivity index (χ4v) is 4.08. The van der Waals surface area contributed by atoms with E-state index >= 15 is 0 Å². The average molecular weight is 300 g/mol. The van der Waals surface area contributed by atoms with Crippen molar-refractivity contribution in [2.75, 3.05) is 24.5 Å². The van der Waals surface area contributed by atoms with E-state index in [0.29, 0.717) is 5.91 Å². The molecule has 2 saturated heterocycles. The Kier molecular flexibility index (Phi) is 3.51. The van der Waals surface area contributed by atoms with Crippen molar-refractivity contribution < 1.29 is 4.79 Å². The van der Waals surface area contributed by atoms with Crippen molar-refractivity contribution in [1.29, 1.82) is 0 Å². The van der Waals surface area contributed by atoms with Gasteiger partial charge < -0.3 is 9.80 Å². The van der Waals surface area contributed by atoms with Gasteiger partial charge in [0.1, 0.15) is 0 Å². The summed E-state index contributed by atoms with van der Waals surface area (Å²) in [5.41, 5.74) is 0.114. The Labute approximate surface area is 131 Å². The number of hydrogen-bond donors (Lipinski definition) is 0. The van der Waals surface area contributed by atoms with Crippen molar-refractivity contribution in [2.24, 2.45) is 5.92 Å². The number of amides is 1. The summed E-state index contributed by atoms with van der Waals surface area (Å²) in [7, 11) is 0. The van der Waals surface area contributed by atoms with Crippen LogP contribution in [0.5, 0.6) is 0 Å². The number of aromatic nitrogens is 2. The lowest BCUT2D eigenvalue weighted by Gasteiger charge is -2.38. The van der Waals surface area contributed by atoms with Crippen LogP contribution in [0.2, 0.25) is 0 Å². The van der Waals surface area contributed by atoms with Crippen LogP contribution in [-0.2, 0) is 4.79 Å². The fraction of sp³-hybridized carbons (Fsp3) is 0.706. The molecule has 1 amide bonds. The van der Waals surface area contributed by atoms with Crippen LogP contribution in [-0.4, -0.2) is 45.9 Å². The summed E-state index contributed by atoms with van der Waals surface area (Å²) in [6.07, 6.45) is 11.3. The molecule has 1 spiro atoms. The van der Waals surface area contributed by atoms with Crippen LogP contribution in [0, 0.1) is 5.92 Å². The minimum Gasteiger partial charge on any atom is -0.341 e. The predicted octanol–water partition coefficient (Wildman–Crippen LogP) is 2.24. The molecule has 118 valence electrons. The van der Waals surface area contributed by atoms with Gasteiger partial charge in [0.2, 0.25) is 11.9 Å². The molecule has 0 aromatic carbocycles. The van der Waals surface area contributed by atoms with Gasteiger partial charge in [0, 0.05) is 44.0 Å². The van der Waals surface area contributed by atoms with Gasteiger partial charge in [-0.1, -0.05) is 0 Å². The highest BCUT2D eigenvalue weighted by molar-refractivity contribution is 5.79. The van der Waals surface area contributed by atoms with Crippen LogP contribution >= 0.6 is 0 Å². The Morgan fingerprint density at radius 3 is 2.73 bits per heavy atom. The molecule has 5 heteroatoms. The molecule has 3 fully saturated rings. The lowest BCUT2D eigenvalue weighted by molar-refractivity contribution is -0.131. The summed E-state index contributed by atoms with van der Waals surface area (Å²) in [4.78, 5) is 25.7. The number of nitrogens with zero attached hydrogens (tertiary/aromatic N) is 4. The summed E-state index contributed by atoms with van der Waals surface area (Å²) in [5, 5.41) is 0. The van der Waals surface area contributed by atoms with Gasteiger partial charge in [-0.05, 0) is 50.5 Å². The van der Waals surface area contributed by atoms with Crippen molar-refractivity contribution in [3.63, 3.8) is 0 Å². The normalized spacial score (nSPS) is 29.2. The molecule has 0 bridgehead atoms. The molecule has 2 aliphatic heterocycles. The van der Waals surface area contributed by atoms with Gasteiger partial charge in [-0.2, -0.15) is 0 Å². The summed E-state index contributed by atoms with van der Waals surface area (Å²) >= 11 is 0. The van der Waals surface area contributed by atoms with E-state index in [2.05, 4.69) is 19.8 Å². The smallest absolute Gasteiger partial charge is 0.225 e. The first kappa shape index (κ1) is 14.0. The first-order chi connectivity index (χ1) is 10.8. The van der Waals surface area contributed by atoms with Crippen LogP contribution in [0.1, 0.15) is 44.9 Å². The van der Waals surface area contributed by atoms with Crippen LogP contribution < -0.4 is 4.90 Å². The molecular weight excluding hydrogens is 276 g/mol. The van der Waals surface area contributed by atoms with Crippen LogP contribution in [0.15, 0.2) is 18.5 Å². The Balaban J connectivity index is 1.50. The van der Waals surface area contributed by atoms with Crippen LogP contribution in [0.4, 0.5) is 5.95 Å². The standard InChI is InChI=1S/C17H24N4O/c22-15-5-7-17(21(15)13-14-3-4-14)6-1-11-20(12-8-17)16-18-9-2-10-19-16/h2,9-10,14H,1,3-8,11-13H2/t17-/m1/s1. The maximum atomic E-state index is 12.4. The Hall–Kier alpha value is -1.65. The number of carbonyl (C=O) groups excluding carboxylic acids is 1. The molecule has 3 heterocycles. The molecule has 4 rings (SSSR count). The van der Waals surface area contributed by atoms with Gasteiger partial charge in [-0.25, -0.2) is 9.97 Å². The van der Waals surface area contributed by atoms with Crippen LogP contribution in [0.3, 0.4) is 0 Å². The van der Waals surface area contributed by atoms with E-state index in [-0.39, 0.29) is 5.54 Å². The minimum absolute atomic E-state index is 0.114. The third kappa shape index (κ3) is 2.57. The fourth-order valence-electron chi connectivity index (χ4n) is 4.08. The molecule has 5 nitrogen and oxygen atoms in total. The second-order valence-electron chi connectivity index (χ2n) is 7.06. The molecule has 1 aromatic heterocycles. The monoisotopic (exact) mass is 300 g/mol. The molecule has 0 radical (unpaired) electrons. The Morgan fingerprint density at radius 2 is 1.95 bits per heavy atom. The summed E-state index contributed by atoms with van der Waals surface area (Å²) in [5.74, 6) is 1.99. The quantitative estimate of drug-likeness (QED) is 0.859. The van der Waals surface area contributed by atoms with Crippen molar-refractivity contribution >= 4 is 11.9 Å². The summed E-state index contributed by atoms with van der Waals surface area (Å²) < 4.78 is 0. The largest absolute Gasteiger partial charge is 0.341 e. The highest BCUT2D eigenvalue weighted by atomic mass is 16.2. The minimum atomic E-state index is 0.114. The van der Waals surface area contributed by atoms with E-state index in [9.17, 15) is 4.79 Å². The lowest BCUT2D eigenvalue weighted by atomic mass is 9.87. The second-order valence-corrected chi connectivity index (χ2v) is 7.06. The van der Waals surface area contributed by atoms with Gasteiger partial charge in [0.05, 0.1) is 0 Å². The van der Waals surface area contributed by atoms with Crippen molar-refractivity contribution in [1.82, 2.24) is 14.9 Å². The predicted molar refractivity (Wildman–Crippen MR) is 84.5 cm³/mol. The molecule has 1 aliphatic carbocycles. The second kappa shape index (κ2) is 5.52. The van der Waals surface area contributed by atoms with Gasteiger partial charge in [0.15, 0.2) is 0 Å². The Morgan fingerprint density at radius 1 is 1.14 bits per heavy atom. The Bertz CT molecular complexity index is 545. The van der Waals surface area contributed by atoms with E-state index in [1.54, 1.807) is 0 Å². The number of carbonyl (C=O) groups is 1. The summed E-state index contributed by atoms with van der Waals surface area (Å²) in [6.45, 7) is 2.95. The maximum absolute atomic E-state index is 12.4. The van der Waals surface area contributed by atoms with Gasteiger partial charge in [-0.3, -0.25) is 4.79 Å². The van der Waals surface area contributed by atoms with Gasteiger partial charge in [-0.15, -0.1) is 0 Å². The third-order valence-corrected chi connectivity index (χ3v) is 5.57. The number of rotatable bonds is 3. The van der Waals surface area contributed by atoms with Crippen molar-refractivity contribution in [2.45, 2.75) is 50.5 Å². The van der Waals surface area contributed by atoms with Crippen molar-refractivity contribution in [3.8, 4) is 0 Å². The molecule has 1 saturated carbocycles. The van der Waals surface area contributed by atoms with Crippen LogP contribution in [0.25, 0.3) is 0 Å². The molecule has 1 aromatic rings.